The SMILES string of the molecule is CN(C)CCNC(=O)c1noc2c1CN(S(=O)(=O)C1CC1)CC2.O=C(O)C(F)(F)F. The van der Waals surface area contributed by atoms with E-state index in [9.17, 15) is 26.4 Å². The van der Waals surface area contributed by atoms with Gasteiger partial charge in [-0.2, -0.15) is 17.5 Å². The molecule has 1 aliphatic carbocycles. The average molecular weight is 456 g/mol. The number of fused-ring (bicyclic) bond motifs is 1. The molecule has 0 aromatic carbocycles. The van der Waals surface area contributed by atoms with E-state index in [1.54, 1.807) is 0 Å². The summed E-state index contributed by atoms with van der Waals surface area (Å²) < 4.78 is 63.2. The van der Waals surface area contributed by atoms with Crippen molar-refractivity contribution in [2.75, 3.05) is 33.7 Å². The number of aromatic nitrogens is 1. The van der Waals surface area contributed by atoms with Crippen molar-refractivity contribution in [2.45, 2.75) is 37.2 Å². The van der Waals surface area contributed by atoms with Gasteiger partial charge >= 0.3 is 12.1 Å². The van der Waals surface area contributed by atoms with Crippen LogP contribution >= 0.6 is 0 Å². The Labute approximate surface area is 171 Å². The van der Waals surface area contributed by atoms with Crippen LogP contribution in [0.15, 0.2) is 4.52 Å². The van der Waals surface area contributed by atoms with Crippen LogP contribution < -0.4 is 5.32 Å². The Morgan fingerprint density at radius 1 is 1.33 bits per heavy atom. The van der Waals surface area contributed by atoms with Crippen molar-refractivity contribution >= 4 is 21.9 Å². The van der Waals surface area contributed by atoms with E-state index < -0.39 is 22.2 Å². The lowest BCUT2D eigenvalue weighted by atomic mass is 10.1. The molecule has 3 rings (SSSR count). The number of carbonyl (C=O) groups is 2. The number of hydrogen-bond acceptors (Lipinski definition) is 7. The van der Waals surface area contributed by atoms with Crippen molar-refractivity contribution in [3.8, 4) is 0 Å². The molecule has 0 unspecified atom stereocenters. The summed E-state index contributed by atoms with van der Waals surface area (Å²) in [5.41, 5.74) is 0.803. The largest absolute Gasteiger partial charge is 0.490 e. The van der Waals surface area contributed by atoms with Gasteiger partial charge in [-0.25, -0.2) is 13.2 Å². The Kier molecular flexibility index (Phi) is 7.47. The fourth-order valence-electron chi connectivity index (χ4n) is 2.63. The number of nitrogens with one attached hydrogen (secondary N) is 1. The molecule has 1 aromatic heterocycles. The predicted octanol–water partition coefficient (Wildman–Crippen LogP) is 0.450. The van der Waals surface area contributed by atoms with Crippen LogP contribution in [0.4, 0.5) is 13.2 Å². The second-order valence-electron chi connectivity index (χ2n) is 7.12. The highest BCUT2D eigenvalue weighted by atomic mass is 32.2. The maximum absolute atomic E-state index is 12.4. The fourth-order valence-corrected chi connectivity index (χ4v) is 4.44. The second kappa shape index (κ2) is 9.31. The first kappa shape index (κ1) is 24.1. The standard InChI is InChI=1S/C14H22N4O4S.C2HF3O2/c1-17(2)8-6-15-14(19)13-11-9-18(7-5-12(11)22-16-13)23(20,21)10-3-4-10;3-2(4,5)1(6)7/h10H,3-9H2,1-2H3,(H,15,19);(H,6,7). The van der Waals surface area contributed by atoms with Gasteiger partial charge in [0.05, 0.1) is 5.25 Å². The number of aliphatic carboxylic acids is 1. The van der Waals surface area contributed by atoms with E-state index in [1.165, 1.54) is 4.31 Å². The molecule has 0 saturated heterocycles. The van der Waals surface area contributed by atoms with Crippen molar-refractivity contribution in [2.24, 2.45) is 0 Å². The Morgan fingerprint density at radius 2 is 1.93 bits per heavy atom. The normalized spacial score (nSPS) is 17.1. The molecule has 2 N–H and O–H groups in total. The zero-order valence-electron chi connectivity index (χ0n) is 16.4. The van der Waals surface area contributed by atoms with Crippen LogP contribution in [0.1, 0.15) is 34.7 Å². The lowest BCUT2D eigenvalue weighted by molar-refractivity contribution is -0.192. The van der Waals surface area contributed by atoms with Crippen LogP contribution in [-0.4, -0.2) is 84.9 Å². The van der Waals surface area contributed by atoms with Gasteiger partial charge in [-0.3, -0.25) is 4.79 Å². The third-order valence-corrected chi connectivity index (χ3v) is 6.75. The molecule has 2 aliphatic rings. The number of carboxylic acid groups (broad SMARTS) is 1. The van der Waals surface area contributed by atoms with Gasteiger partial charge in [0.25, 0.3) is 5.91 Å². The summed E-state index contributed by atoms with van der Waals surface area (Å²) in [5.74, 6) is -2.46. The molecule has 0 radical (unpaired) electrons. The number of carboxylic acids is 1. The highest BCUT2D eigenvalue weighted by molar-refractivity contribution is 7.90. The quantitative estimate of drug-likeness (QED) is 0.631. The molecular formula is C16H23F3N4O6S. The molecule has 0 spiro atoms. The summed E-state index contributed by atoms with van der Waals surface area (Å²) >= 11 is 0. The molecule has 30 heavy (non-hydrogen) atoms. The van der Waals surface area contributed by atoms with E-state index >= 15 is 0 Å². The zero-order valence-corrected chi connectivity index (χ0v) is 17.2. The predicted molar refractivity (Wildman–Crippen MR) is 97.1 cm³/mol. The fraction of sp³-hybridized carbons (Fsp3) is 0.688. The number of carbonyl (C=O) groups excluding carboxylic acids is 1. The smallest absolute Gasteiger partial charge is 0.475 e. The number of halogens is 3. The number of sulfonamides is 1. The maximum Gasteiger partial charge on any atom is 0.490 e. The van der Waals surface area contributed by atoms with Gasteiger partial charge in [-0.05, 0) is 26.9 Å². The Bertz CT molecular complexity index is 880. The molecule has 1 amide bonds. The van der Waals surface area contributed by atoms with Crippen LogP contribution in [0.3, 0.4) is 0 Å². The van der Waals surface area contributed by atoms with E-state index in [0.29, 0.717) is 37.4 Å². The van der Waals surface area contributed by atoms with Gasteiger partial charge in [0, 0.05) is 38.2 Å². The molecule has 1 aliphatic heterocycles. The Hall–Kier alpha value is -2.19. The van der Waals surface area contributed by atoms with Gasteiger partial charge in [-0.1, -0.05) is 5.16 Å². The van der Waals surface area contributed by atoms with Gasteiger partial charge in [0.2, 0.25) is 10.0 Å². The molecule has 1 saturated carbocycles. The maximum atomic E-state index is 12.4. The van der Waals surface area contributed by atoms with E-state index in [0.717, 1.165) is 12.8 Å². The minimum atomic E-state index is -5.08. The molecule has 170 valence electrons. The number of rotatable bonds is 6. The van der Waals surface area contributed by atoms with Crippen molar-refractivity contribution < 1.29 is 40.8 Å². The van der Waals surface area contributed by atoms with Crippen LogP contribution in [-0.2, 0) is 27.8 Å². The monoisotopic (exact) mass is 456 g/mol. The van der Waals surface area contributed by atoms with Crippen molar-refractivity contribution in [1.82, 2.24) is 19.7 Å². The molecule has 1 fully saturated rings. The number of nitrogens with zero attached hydrogens (tertiary/aromatic N) is 3. The number of amides is 1. The lowest BCUT2D eigenvalue weighted by Crippen LogP contribution is -2.39. The molecule has 1 aromatic rings. The number of hydrogen-bond donors (Lipinski definition) is 2. The minimum absolute atomic E-state index is 0.175. The summed E-state index contributed by atoms with van der Waals surface area (Å²) in [6.07, 6.45) is -3.17. The van der Waals surface area contributed by atoms with Gasteiger partial charge in [0.1, 0.15) is 5.76 Å². The van der Waals surface area contributed by atoms with Gasteiger partial charge < -0.3 is 19.8 Å². The first-order valence-electron chi connectivity index (χ1n) is 9.03. The molecule has 10 nitrogen and oxygen atoms in total. The first-order valence-corrected chi connectivity index (χ1v) is 10.5. The van der Waals surface area contributed by atoms with Crippen LogP contribution in [0.5, 0.6) is 0 Å². The molecule has 2 heterocycles. The highest BCUT2D eigenvalue weighted by Gasteiger charge is 2.42. The zero-order chi connectivity index (χ0) is 22.7. The Morgan fingerprint density at radius 3 is 2.43 bits per heavy atom. The summed E-state index contributed by atoms with van der Waals surface area (Å²) in [6, 6.07) is 0. The third-order valence-electron chi connectivity index (χ3n) is 4.40. The van der Waals surface area contributed by atoms with E-state index in [-0.39, 0.29) is 23.4 Å². The Balaban J connectivity index is 0.000000396. The van der Waals surface area contributed by atoms with E-state index in [4.69, 9.17) is 14.4 Å². The van der Waals surface area contributed by atoms with E-state index in [2.05, 4.69) is 10.5 Å². The summed E-state index contributed by atoms with van der Waals surface area (Å²) in [6.45, 7) is 1.78. The second-order valence-corrected chi connectivity index (χ2v) is 9.34. The first-order chi connectivity index (χ1) is 13.8. The van der Waals surface area contributed by atoms with Crippen LogP contribution in [0.25, 0.3) is 0 Å². The topological polar surface area (TPSA) is 133 Å². The van der Waals surface area contributed by atoms with Crippen molar-refractivity contribution in [3.05, 3.63) is 17.0 Å². The number of alkyl halides is 3. The molecule has 0 bridgehead atoms. The highest BCUT2D eigenvalue weighted by Crippen LogP contribution is 2.34. The van der Waals surface area contributed by atoms with Crippen molar-refractivity contribution in [3.63, 3.8) is 0 Å². The lowest BCUT2D eigenvalue weighted by Gasteiger charge is -2.25. The summed E-state index contributed by atoms with van der Waals surface area (Å²) in [7, 11) is 0.588. The van der Waals surface area contributed by atoms with Crippen LogP contribution in [0.2, 0.25) is 0 Å². The third kappa shape index (κ3) is 6.15. The average Bonchev–Trinajstić information content (AvgIpc) is 3.41. The summed E-state index contributed by atoms with van der Waals surface area (Å²) in [5, 5.41) is 13.5. The molecule has 14 heteroatoms. The van der Waals surface area contributed by atoms with Gasteiger partial charge in [0.15, 0.2) is 5.69 Å². The van der Waals surface area contributed by atoms with Crippen molar-refractivity contribution in [1.29, 1.82) is 0 Å². The minimum Gasteiger partial charge on any atom is -0.475 e. The van der Waals surface area contributed by atoms with Crippen LogP contribution in [0, 0.1) is 0 Å². The van der Waals surface area contributed by atoms with Gasteiger partial charge in [-0.15, -0.1) is 0 Å². The molecule has 0 atom stereocenters. The van der Waals surface area contributed by atoms with E-state index in [1.807, 2.05) is 19.0 Å². The number of likely N-dealkylation sites (N-methyl/N-ethyl adjacent to an activating group) is 1. The summed E-state index contributed by atoms with van der Waals surface area (Å²) in [4.78, 5) is 23.1. The molecular weight excluding hydrogens is 433 g/mol.